The number of carbonyl (C=O) groups excluding carboxylic acids is 2. The third-order valence-electron chi connectivity index (χ3n) is 3.28. The number of methoxy groups -OCH3 is 1. The minimum absolute atomic E-state index is 0.0606. The normalized spacial score (nSPS) is 10.3. The van der Waals surface area contributed by atoms with Crippen molar-refractivity contribution in [1.82, 2.24) is 20.1 Å². The Morgan fingerprint density at radius 2 is 2.07 bits per heavy atom. The van der Waals surface area contributed by atoms with Gasteiger partial charge in [-0.2, -0.15) is 0 Å². The molecule has 1 N–H and O–H groups in total. The number of hydrogen-bond donors (Lipinski definition) is 1. The molecule has 0 aliphatic carbocycles. The largest absolute Gasteiger partial charge is 0.486 e. The molecule has 0 spiro atoms. The molecule has 144 valence electrons. The van der Waals surface area contributed by atoms with Crippen LogP contribution in [0.1, 0.15) is 5.82 Å². The molecule has 0 atom stereocenters. The van der Waals surface area contributed by atoms with Gasteiger partial charge in [0.15, 0.2) is 11.0 Å². The molecule has 0 unspecified atom stereocenters. The van der Waals surface area contributed by atoms with Gasteiger partial charge in [0.2, 0.25) is 5.91 Å². The average molecular weight is 394 g/mol. The molecule has 1 aromatic heterocycles. The number of rotatable bonds is 10. The highest BCUT2D eigenvalue weighted by molar-refractivity contribution is 7.99. The zero-order valence-electron chi connectivity index (χ0n) is 14.7. The zero-order chi connectivity index (χ0) is 19.6. The monoisotopic (exact) mass is 394 g/mol. The first-order valence-electron chi connectivity index (χ1n) is 7.91. The van der Waals surface area contributed by atoms with Gasteiger partial charge in [0.05, 0.1) is 12.9 Å². The number of nitrogens with one attached hydrogen (secondary N) is 1. The van der Waals surface area contributed by atoms with Crippen molar-refractivity contribution in [3.63, 3.8) is 0 Å². The molecule has 0 fully saturated rings. The molecule has 1 aromatic carbocycles. The average Bonchev–Trinajstić information content (AvgIpc) is 3.06. The van der Waals surface area contributed by atoms with E-state index in [-0.39, 0.29) is 30.6 Å². The maximum absolute atomic E-state index is 12.9. The number of hydrogen-bond acceptors (Lipinski definition) is 7. The molecule has 0 radical (unpaired) electrons. The lowest BCUT2D eigenvalue weighted by molar-refractivity contribution is -0.140. The fourth-order valence-corrected chi connectivity index (χ4v) is 2.74. The van der Waals surface area contributed by atoms with Crippen molar-refractivity contribution >= 4 is 23.6 Å². The molecule has 0 saturated carbocycles. The first-order chi connectivity index (χ1) is 13.0. The highest BCUT2D eigenvalue weighted by Gasteiger charge is 2.14. The van der Waals surface area contributed by atoms with Crippen LogP contribution < -0.4 is 10.1 Å². The summed E-state index contributed by atoms with van der Waals surface area (Å²) >= 11 is 1.17. The van der Waals surface area contributed by atoms with Crippen molar-refractivity contribution in [2.45, 2.75) is 18.3 Å². The van der Waals surface area contributed by atoms with Gasteiger partial charge in [-0.05, 0) is 24.3 Å². The minimum Gasteiger partial charge on any atom is -0.486 e. The van der Waals surface area contributed by atoms with Crippen LogP contribution in [0.2, 0.25) is 0 Å². The van der Waals surface area contributed by atoms with Crippen LogP contribution in [0.5, 0.6) is 5.75 Å². The number of amides is 1. The fraction of sp³-hybridized carbons (Fsp3) is 0.294. The number of aromatic nitrogens is 3. The summed E-state index contributed by atoms with van der Waals surface area (Å²) in [6, 6.07) is 5.64. The van der Waals surface area contributed by atoms with Crippen molar-refractivity contribution in [1.29, 1.82) is 0 Å². The van der Waals surface area contributed by atoms with E-state index in [0.717, 1.165) is 0 Å². The van der Waals surface area contributed by atoms with E-state index in [9.17, 15) is 14.0 Å². The molecule has 1 amide bonds. The van der Waals surface area contributed by atoms with Gasteiger partial charge in [0.1, 0.15) is 24.7 Å². The Morgan fingerprint density at radius 3 is 2.74 bits per heavy atom. The van der Waals surface area contributed by atoms with Gasteiger partial charge in [-0.15, -0.1) is 16.8 Å². The van der Waals surface area contributed by atoms with Gasteiger partial charge < -0.3 is 14.8 Å². The summed E-state index contributed by atoms with van der Waals surface area (Å²) in [6.45, 7) is 4.07. The van der Waals surface area contributed by atoms with Gasteiger partial charge in [0, 0.05) is 6.54 Å². The maximum atomic E-state index is 12.9. The van der Waals surface area contributed by atoms with E-state index in [1.807, 2.05) is 0 Å². The van der Waals surface area contributed by atoms with Crippen molar-refractivity contribution < 1.29 is 23.5 Å². The van der Waals surface area contributed by atoms with E-state index in [1.54, 1.807) is 10.6 Å². The summed E-state index contributed by atoms with van der Waals surface area (Å²) in [5, 5.41) is 11.1. The topological polar surface area (TPSA) is 95.3 Å². The van der Waals surface area contributed by atoms with Gasteiger partial charge in [0.25, 0.3) is 0 Å². The summed E-state index contributed by atoms with van der Waals surface area (Å²) < 4.78 is 24.7. The van der Waals surface area contributed by atoms with Crippen molar-refractivity contribution in [2.75, 3.05) is 19.4 Å². The first kappa shape index (κ1) is 20.4. The summed E-state index contributed by atoms with van der Waals surface area (Å²) in [4.78, 5) is 22.8. The summed E-state index contributed by atoms with van der Waals surface area (Å²) in [5.74, 6) is -0.101. The molecule has 10 heteroatoms. The second kappa shape index (κ2) is 10.3. The van der Waals surface area contributed by atoms with Crippen LogP contribution in [-0.2, 0) is 27.5 Å². The Balaban J connectivity index is 1.94. The maximum Gasteiger partial charge on any atom is 0.325 e. The molecule has 2 aromatic rings. The lowest BCUT2D eigenvalue weighted by Gasteiger charge is -2.09. The predicted octanol–water partition coefficient (Wildman–Crippen LogP) is 1.56. The number of ether oxygens (including phenoxy) is 2. The Morgan fingerprint density at radius 1 is 1.33 bits per heavy atom. The van der Waals surface area contributed by atoms with Crippen LogP contribution in [0.15, 0.2) is 42.1 Å². The summed E-state index contributed by atoms with van der Waals surface area (Å²) in [7, 11) is 1.25. The Hall–Kier alpha value is -2.88. The highest BCUT2D eigenvalue weighted by Crippen LogP contribution is 2.19. The van der Waals surface area contributed by atoms with Gasteiger partial charge in [-0.3, -0.25) is 14.2 Å². The Bertz CT molecular complexity index is 795. The third-order valence-corrected chi connectivity index (χ3v) is 4.24. The van der Waals surface area contributed by atoms with Crippen LogP contribution in [0.25, 0.3) is 0 Å². The molecule has 8 nitrogen and oxygen atoms in total. The molecule has 0 aliphatic rings. The lowest BCUT2D eigenvalue weighted by atomic mass is 10.3. The van der Waals surface area contributed by atoms with Crippen molar-refractivity contribution in [3.05, 3.63) is 48.6 Å². The van der Waals surface area contributed by atoms with Gasteiger partial charge in [-0.25, -0.2) is 4.39 Å². The molecule has 0 bridgehead atoms. The quantitative estimate of drug-likeness (QED) is 0.371. The molecule has 2 rings (SSSR count). The number of thioether (sulfide) groups is 1. The number of benzene rings is 1. The molecule has 0 saturated heterocycles. The van der Waals surface area contributed by atoms with Crippen molar-refractivity contribution in [2.24, 2.45) is 0 Å². The van der Waals surface area contributed by atoms with Crippen LogP contribution in [0, 0.1) is 5.82 Å². The molecule has 1 heterocycles. The third kappa shape index (κ3) is 6.41. The highest BCUT2D eigenvalue weighted by atomic mass is 32.2. The van der Waals surface area contributed by atoms with Crippen molar-refractivity contribution in [3.8, 4) is 5.75 Å². The zero-order valence-corrected chi connectivity index (χ0v) is 15.5. The molecule has 27 heavy (non-hydrogen) atoms. The number of esters is 1. The molecular weight excluding hydrogens is 375 g/mol. The van der Waals surface area contributed by atoms with E-state index in [0.29, 0.717) is 23.3 Å². The lowest BCUT2D eigenvalue weighted by Crippen LogP contribution is -2.31. The van der Waals surface area contributed by atoms with Crippen LogP contribution in [0.4, 0.5) is 4.39 Å². The Labute approximate surface area is 159 Å². The molecule has 0 aliphatic heterocycles. The number of nitrogens with zero attached hydrogens (tertiary/aromatic N) is 3. The van der Waals surface area contributed by atoms with Crippen LogP contribution >= 0.6 is 11.8 Å². The first-order valence-corrected chi connectivity index (χ1v) is 8.89. The van der Waals surface area contributed by atoms with E-state index in [1.165, 1.54) is 43.1 Å². The number of halogens is 1. The second-order valence-electron chi connectivity index (χ2n) is 5.18. The SMILES string of the molecule is C=CCn1c(COc2ccc(F)cc2)nnc1SCC(=O)NCC(=O)OC. The molecular formula is C17H19FN4O4S. The van der Waals surface area contributed by atoms with E-state index in [4.69, 9.17) is 4.74 Å². The standard InChI is InChI=1S/C17H19FN4O4S/c1-3-8-22-14(10-26-13-6-4-12(18)5-7-13)20-21-17(22)27-11-15(23)19-9-16(24)25-2/h3-7H,1,8-11H2,2H3,(H,19,23). The van der Waals surface area contributed by atoms with E-state index < -0.39 is 5.97 Å². The second-order valence-corrected chi connectivity index (χ2v) is 6.12. The van der Waals surface area contributed by atoms with Gasteiger partial charge >= 0.3 is 5.97 Å². The van der Waals surface area contributed by atoms with E-state index in [2.05, 4.69) is 26.8 Å². The van der Waals surface area contributed by atoms with Crippen LogP contribution in [-0.4, -0.2) is 46.0 Å². The van der Waals surface area contributed by atoms with Crippen LogP contribution in [0.3, 0.4) is 0 Å². The predicted molar refractivity (Wildman–Crippen MR) is 96.7 cm³/mol. The van der Waals surface area contributed by atoms with E-state index >= 15 is 0 Å². The summed E-state index contributed by atoms with van der Waals surface area (Å²) in [6.07, 6.45) is 1.67. The number of allylic oxidation sites excluding steroid dienone is 1. The Kier molecular flexibility index (Phi) is 7.80. The minimum atomic E-state index is -0.525. The summed E-state index contributed by atoms with van der Waals surface area (Å²) in [5.41, 5.74) is 0. The fourth-order valence-electron chi connectivity index (χ4n) is 1.95. The van der Waals surface area contributed by atoms with Gasteiger partial charge in [-0.1, -0.05) is 17.8 Å². The smallest absolute Gasteiger partial charge is 0.325 e. The number of carbonyl (C=O) groups is 2.